The summed E-state index contributed by atoms with van der Waals surface area (Å²) in [5.74, 6) is 0.530. The van der Waals surface area contributed by atoms with Crippen LogP contribution in [-0.4, -0.2) is 23.2 Å². The second kappa shape index (κ2) is 4.82. The molecular formula is C12H11BrClN3O2S. The van der Waals surface area contributed by atoms with E-state index in [1.807, 2.05) is 25.1 Å². The van der Waals surface area contributed by atoms with Crippen LogP contribution in [-0.2, 0) is 9.05 Å². The van der Waals surface area contributed by atoms with Crippen LogP contribution in [0.3, 0.4) is 0 Å². The Balaban J connectivity index is 2.25. The normalized spacial score (nSPS) is 15.6. The van der Waals surface area contributed by atoms with Gasteiger partial charge in [-0.05, 0) is 41.3 Å². The summed E-state index contributed by atoms with van der Waals surface area (Å²) < 4.78 is 25.7. The second-order valence-corrected chi connectivity index (χ2v) is 8.03. The SMILES string of the molecule is Cc1cccc(-c2nnc(S(=O)(=O)Cl)n2C2CC2)c1Br. The van der Waals surface area contributed by atoms with E-state index in [2.05, 4.69) is 26.1 Å². The Labute approximate surface area is 129 Å². The number of aromatic nitrogens is 3. The number of aryl methyl sites for hydroxylation is 1. The zero-order chi connectivity index (χ0) is 14.5. The van der Waals surface area contributed by atoms with E-state index in [1.165, 1.54) is 0 Å². The van der Waals surface area contributed by atoms with Gasteiger partial charge in [0.25, 0.3) is 14.2 Å². The van der Waals surface area contributed by atoms with Gasteiger partial charge in [0.15, 0.2) is 5.82 Å². The Morgan fingerprint density at radius 2 is 2.05 bits per heavy atom. The third kappa shape index (κ3) is 2.38. The molecular weight excluding hydrogens is 366 g/mol. The summed E-state index contributed by atoms with van der Waals surface area (Å²) in [5, 5.41) is 7.63. The number of hydrogen-bond acceptors (Lipinski definition) is 4. The van der Waals surface area contributed by atoms with Crippen LogP contribution >= 0.6 is 26.6 Å². The molecule has 20 heavy (non-hydrogen) atoms. The molecule has 1 saturated carbocycles. The maximum absolute atomic E-state index is 11.6. The molecule has 1 aromatic heterocycles. The molecule has 5 nitrogen and oxygen atoms in total. The van der Waals surface area contributed by atoms with Gasteiger partial charge in [0.05, 0.1) is 0 Å². The molecule has 1 aromatic carbocycles. The topological polar surface area (TPSA) is 64.8 Å². The van der Waals surface area contributed by atoms with Crippen LogP contribution in [0.25, 0.3) is 11.4 Å². The zero-order valence-electron chi connectivity index (χ0n) is 10.5. The number of nitrogens with zero attached hydrogens (tertiary/aromatic N) is 3. The van der Waals surface area contributed by atoms with E-state index in [0.29, 0.717) is 5.82 Å². The van der Waals surface area contributed by atoms with E-state index < -0.39 is 9.05 Å². The molecule has 8 heteroatoms. The molecule has 1 aliphatic carbocycles. The summed E-state index contributed by atoms with van der Waals surface area (Å²) in [7, 11) is 1.54. The summed E-state index contributed by atoms with van der Waals surface area (Å²) in [6, 6.07) is 5.85. The summed E-state index contributed by atoms with van der Waals surface area (Å²) in [5.41, 5.74) is 1.86. The van der Waals surface area contributed by atoms with E-state index in [9.17, 15) is 8.42 Å². The van der Waals surface area contributed by atoms with E-state index in [4.69, 9.17) is 10.7 Å². The summed E-state index contributed by atoms with van der Waals surface area (Å²) >= 11 is 3.52. The summed E-state index contributed by atoms with van der Waals surface area (Å²) in [4.78, 5) is 0. The average Bonchev–Trinajstić information content (AvgIpc) is 3.10. The standard InChI is InChI=1S/C12H11BrClN3O2S/c1-7-3-2-4-9(10(7)13)11-15-16-12(20(14,18)19)17(11)8-5-6-8/h2-4,8H,5-6H2,1H3. The fraction of sp³-hybridized carbons (Fsp3) is 0.333. The molecule has 1 aliphatic rings. The van der Waals surface area contributed by atoms with Crippen molar-refractivity contribution in [2.45, 2.75) is 31.0 Å². The van der Waals surface area contributed by atoms with E-state index in [0.717, 1.165) is 28.4 Å². The van der Waals surface area contributed by atoms with Gasteiger partial charge in [-0.25, -0.2) is 8.42 Å². The monoisotopic (exact) mass is 375 g/mol. The Hall–Kier alpha value is -0.920. The first-order valence-corrected chi connectivity index (χ1v) is 9.15. The van der Waals surface area contributed by atoms with Crippen LogP contribution < -0.4 is 0 Å². The molecule has 0 amide bonds. The van der Waals surface area contributed by atoms with Crippen molar-refractivity contribution in [1.82, 2.24) is 14.8 Å². The van der Waals surface area contributed by atoms with Crippen molar-refractivity contribution in [2.24, 2.45) is 0 Å². The van der Waals surface area contributed by atoms with Crippen molar-refractivity contribution in [3.05, 3.63) is 28.2 Å². The molecule has 0 N–H and O–H groups in total. The van der Waals surface area contributed by atoms with E-state index >= 15 is 0 Å². The first-order valence-electron chi connectivity index (χ1n) is 6.04. The molecule has 3 rings (SSSR count). The van der Waals surface area contributed by atoms with Crippen LogP contribution in [0.1, 0.15) is 24.4 Å². The minimum absolute atomic E-state index is 0.107. The first-order chi connectivity index (χ1) is 9.39. The molecule has 0 bridgehead atoms. The molecule has 106 valence electrons. The number of hydrogen-bond donors (Lipinski definition) is 0. The Morgan fingerprint density at radius 1 is 1.35 bits per heavy atom. The molecule has 2 aromatic rings. The van der Waals surface area contributed by atoms with Gasteiger partial charge in [0, 0.05) is 26.8 Å². The van der Waals surface area contributed by atoms with Crippen molar-refractivity contribution in [2.75, 3.05) is 0 Å². The lowest BCUT2D eigenvalue weighted by molar-refractivity contribution is 0.579. The van der Waals surface area contributed by atoms with Gasteiger partial charge in [-0.1, -0.05) is 18.2 Å². The molecule has 0 spiro atoms. The van der Waals surface area contributed by atoms with Crippen LogP contribution in [0.15, 0.2) is 27.8 Å². The predicted octanol–water partition coefficient (Wildman–Crippen LogP) is 3.28. The van der Waals surface area contributed by atoms with Crippen molar-refractivity contribution < 1.29 is 8.42 Å². The number of benzene rings is 1. The molecule has 0 saturated heterocycles. The minimum Gasteiger partial charge on any atom is -0.294 e. The maximum Gasteiger partial charge on any atom is 0.296 e. The first kappa shape index (κ1) is 14.0. The van der Waals surface area contributed by atoms with Crippen LogP contribution in [0.4, 0.5) is 0 Å². The zero-order valence-corrected chi connectivity index (χ0v) is 13.7. The third-order valence-corrected chi connectivity index (χ3v) is 5.41. The highest BCUT2D eigenvalue weighted by Gasteiger charge is 2.34. The highest BCUT2D eigenvalue weighted by molar-refractivity contribution is 9.10. The fourth-order valence-corrected chi connectivity index (χ4v) is 3.48. The number of halogens is 2. The Bertz CT molecular complexity index is 784. The van der Waals surface area contributed by atoms with Crippen LogP contribution in [0.2, 0.25) is 0 Å². The van der Waals surface area contributed by atoms with Gasteiger partial charge in [0.2, 0.25) is 0 Å². The largest absolute Gasteiger partial charge is 0.296 e. The highest BCUT2D eigenvalue weighted by Crippen LogP contribution is 2.41. The number of rotatable bonds is 3. The Kier molecular flexibility index (Phi) is 3.38. The van der Waals surface area contributed by atoms with Gasteiger partial charge in [-0.3, -0.25) is 4.57 Å². The lowest BCUT2D eigenvalue weighted by Crippen LogP contribution is -2.06. The van der Waals surface area contributed by atoms with E-state index in [-0.39, 0.29) is 11.2 Å². The second-order valence-electron chi connectivity index (χ2n) is 4.78. The van der Waals surface area contributed by atoms with Gasteiger partial charge >= 0.3 is 0 Å². The fourth-order valence-electron chi connectivity index (χ4n) is 2.11. The van der Waals surface area contributed by atoms with Crippen molar-refractivity contribution in [1.29, 1.82) is 0 Å². The quantitative estimate of drug-likeness (QED) is 0.771. The summed E-state index contributed by atoms with van der Waals surface area (Å²) in [6.07, 6.45) is 1.82. The lowest BCUT2D eigenvalue weighted by atomic mass is 10.1. The van der Waals surface area contributed by atoms with Crippen LogP contribution in [0.5, 0.6) is 0 Å². The van der Waals surface area contributed by atoms with E-state index in [1.54, 1.807) is 4.57 Å². The van der Waals surface area contributed by atoms with Gasteiger partial charge in [-0.15, -0.1) is 10.2 Å². The van der Waals surface area contributed by atoms with Gasteiger partial charge < -0.3 is 0 Å². The molecule has 0 aliphatic heterocycles. The summed E-state index contributed by atoms with van der Waals surface area (Å²) in [6.45, 7) is 1.96. The van der Waals surface area contributed by atoms with Crippen LogP contribution in [0, 0.1) is 6.92 Å². The average molecular weight is 377 g/mol. The lowest BCUT2D eigenvalue weighted by Gasteiger charge is -2.09. The van der Waals surface area contributed by atoms with Crippen molar-refractivity contribution in [3.8, 4) is 11.4 Å². The Morgan fingerprint density at radius 3 is 2.65 bits per heavy atom. The predicted molar refractivity (Wildman–Crippen MR) is 79.2 cm³/mol. The van der Waals surface area contributed by atoms with Crippen molar-refractivity contribution >= 4 is 35.7 Å². The maximum atomic E-state index is 11.6. The molecule has 1 fully saturated rings. The third-order valence-electron chi connectivity index (χ3n) is 3.23. The molecule has 0 unspecified atom stereocenters. The minimum atomic E-state index is -3.90. The highest BCUT2D eigenvalue weighted by atomic mass is 79.9. The smallest absolute Gasteiger partial charge is 0.294 e. The van der Waals surface area contributed by atoms with Crippen molar-refractivity contribution in [3.63, 3.8) is 0 Å². The van der Waals surface area contributed by atoms with Gasteiger partial charge in [-0.2, -0.15) is 0 Å². The molecule has 0 atom stereocenters. The molecule has 0 radical (unpaired) electrons. The van der Waals surface area contributed by atoms with Gasteiger partial charge in [0.1, 0.15) is 0 Å². The molecule has 1 heterocycles.